The van der Waals surface area contributed by atoms with E-state index in [1.54, 1.807) is 0 Å². The molecule has 0 radical (unpaired) electrons. The Kier molecular flexibility index (Phi) is 8.54. The number of rotatable bonds is 5. The van der Waals surface area contributed by atoms with Gasteiger partial charge < -0.3 is 15.0 Å². The van der Waals surface area contributed by atoms with Crippen molar-refractivity contribution in [3.8, 4) is 0 Å². The van der Waals surface area contributed by atoms with Crippen molar-refractivity contribution in [3.63, 3.8) is 0 Å². The fraction of sp³-hybridized carbons (Fsp3) is 0.500. The molecule has 0 aliphatic carbocycles. The monoisotopic (exact) mass is 334 g/mol. The van der Waals surface area contributed by atoms with Crippen LogP contribution in [0.25, 0.3) is 0 Å². The lowest BCUT2D eigenvalue weighted by Gasteiger charge is -2.22. The summed E-state index contributed by atoms with van der Waals surface area (Å²) in [5.41, 5.74) is 0.875. The van der Waals surface area contributed by atoms with E-state index in [4.69, 9.17) is 4.74 Å². The zero-order valence-electron chi connectivity index (χ0n) is 14.6. The highest BCUT2D eigenvalue weighted by Gasteiger charge is 2.31. The van der Waals surface area contributed by atoms with Crippen LogP contribution in [0.5, 0.6) is 0 Å². The number of hydrogen-bond acceptors (Lipinski definition) is 4. The van der Waals surface area contributed by atoms with Gasteiger partial charge in [-0.1, -0.05) is 44.2 Å². The second-order valence-electron chi connectivity index (χ2n) is 5.27. The minimum Gasteiger partial charge on any atom is -0.445 e. The van der Waals surface area contributed by atoms with E-state index in [9.17, 15) is 14.4 Å². The van der Waals surface area contributed by atoms with E-state index in [1.807, 2.05) is 44.2 Å². The fourth-order valence-corrected chi connectivity index (χ4v) is 2.51. The molecule has 1 N–H and O–H groups in total. The number of hydrogen-bond donors (Lipinski definition) is 1. The van der Waals surface area contributed by atoms with Gasteiger partial charge in [0, 0.05) is 6.54 Å². The minimum absolute atomic E-state index is 0.0162. The van der Waals surface area contributed by atoms with E-state index in [2.05, 4.69) is 5.32 Å². The maximum absolute atomic E-state index is 12.0. The number of benzene rings is 1. The van der Waals surface area contributed by atoms with Crippen molar-refractivity contribution in [3.05, 3.63) is 35.9 Å². The normalized spacial score (nSPS) is 16.0. The van der Waals surface area contributed by atoms with E-state index in [1.165, 1.54) is 11.8 Å². The Bertz CT molecular complexity index is 545. The molecule has 0 aromatic heterocycles. The van der Waals surface area contributed by atoms with Gasteiger partial charge >= 0.3 is 6.09 Å². The summed E-state index contributed by atoms with van der Waals surface area (Å²) in [6.45, 7) is 6.04. The molecule has 6 nitrogen and oxygen atoms in total. The molecule has 2 amide bonds. The number of carbonyl (C=O) groups is 3. The van der Waals surface area contributed by atoms with Gasteiger partial charge in [-0.15, -0.1) is 0 Å². The van der Waals surface area contributed by atoms with Crippen molar-refractivity contribution in [1.82, 2.24) is 10.2 Å². The van der Waals surface area contributed by atoms with E-state index in [0.29, 0.717) is 13.0 Å². The predicted molar refractivity (Wildman–Crippen MR) is 91.4 cm³/mol. The molecule has 2 rings (SSSR count). The van der Waals surface area contributed by atoms with Crippen molar-refractivity contribution in [2.24, 2.45) is 0 Å². The first-order chi connectivity index (χ1) is 11.6. The van der Waals surface area contributed by atoms with Gasteiger partial charge in [0.05, 0.1) is 6.04 Å². The lowest BCUT2D eigenvalue weighted by Crippen LogP contribution is -2.45. The first-order valence-corrected chi connectivity index (χ1v) is 8.32. The summed E-state index contributed by atoms with van der Waals surface area (Å²) in [5, 5.41) is 2.43. The summed E-state index contributed by atoms with van der Waals surface area (Å²) in [7, 11) is 0. The number of nitrogens with one attached hydrogen (secondary N) is 1. The van der Waals surface area contributed by atoms with Crippen LogP contribution in [0.3, 0.4) is 0 Å². The van der Waals surface area contributed by atoms with E-state index >= 15 is 0 Å². The van der Waals surface area contributed by atoms with Crippen LogP contribution in [-0.4, -0.2) is 41.8 Å². The number of carbonyl (C=O) groups excluding carboxylic acids is 3. The zero-order chi connectivity index (χ0) is 17.9. The molecule has 1 heterocycles. The molecule has 0 bridgehead atoms. The molecule has 132 valence electrons. The highest BCUT2D eigenvalue weighted by Crippen LogP contribution is 2.17. The van der Waals surface area contributed by atoms with E-state index < -0.39 is 6.09 Å². The lowest BCUT2D eigenvalue weighted by atomic mass is 10.1. The van der Waals surface area contributed by atoms with Gasteiger partial charge in [0.25, 0.3) is 0 Å². The largest absolute Gasteiger partial charge is 0.445 e. The van der Waals surface area contributed by atoms with Crippen LogP contribution < -0.4 is 5.32 Å². The molecular formula is C18H26N2O4. The number of nitrogens with zero attached hydrogens (tertiary/aromatic N) is 1. The smallest absolute Gasteiger partial charge is 0.407 e. The van der Waals surface area contributed by atoms with Gasteiger partial charge in [-0.05, 0) is 25.3 Å². The summed E-state index contributed by atoms with van der Waals surface area (Å²) in [6.07, 6.45) is 0.865. The molecular weight excluding hydrogens is 308 g/mol. The number of likely N-dealkylation sites (tertiary alicyclic amines) is 1. The summed E-state index contributed by atoms with van der Waals surface area (Å²) in [5.74, 6) is -0.271. The van der Waals surface area contributed by atoms with Crippen LogP contribution in [0.15, 0.2) is 30.3 Å². The van der Waals surface area contributed by atoms with Crippen molar-refractivity contribution >= 4 is 17.8 Å². The van der Waals surface area contributed by atoms with Gasteiger partial charge in [-0.25, -0.2) is 4.79 Å². The molecule has 1 fully saturated rings. The van der Waals surface area contributed by atoms with Gasteiger partial charge in [0.1, 0.15) is 13.2 Å². The number of ketones is 1. The van der Waals surface area contributed by atoms with Gasteiger partial charge in [0.2, 0.25) is 5.91 Å². The first kappa shape index (κ1) is 19.7. The fourth-order valence-electron chi connectivity index (χ4n) is 2.51. The average Bonchev–Trinajstić information content (AvgIpc) is 3.10. The summed E-state index contributed by atoms with van der Waals surface area (Å²) in [6, 6.07) is 8.93. The highest BCUT2D eigenvalue weighted by atomic mass is 16.5. The van der Waals surface area contributed by atoms with Gasteiger partial charge in [0.15, 0.2) is 5.78 Å². The van der Waals surface area contributed by atoms with E-state index in [-0.39, 0.29) is 30.9 Å². The minimum atomic E-state index is -0.643. The van der Waals surface area contributed by atoms with Gasteiger partial charge in [-0.2, -0.15) is 0 Å². The van der Waals surface area contributed by atoms with Crippen LogP contribution in [0, 0.1) is 0 Å². The number of Topliss-reactive ketones (excluding diaryl/α,β-unsaturated/α-hetero) is 1. The molecule has 1 aromatic rings. The van der Waals surface area contributed by atoms with Crippen molar-refractivity contribution in [2.45, 2.75) is 46.3 Å². The van der Waals surface area contributed by atoms with Crippen LogP contribution in [0.1, 0.15) is 39.2 Å². The highest BCUT2D eigenvalue weighted by molar-refractivity contribution is 5.89. The van der Waals surface area contributed by atoms with Crippen LogP contribution >= 0.6 is 0 Å². The third-order valence-corrected chi connectivity index (χ3v) is 3.64. The first-order valence-electron chi connectivity index (χ1n) is 8.32. The number of amides is 2. The topological polar surface area (TPSA) is 75.7 Å². The van der Waals surface area contributed by atoms with Gasteiger partial charge in [-0.3, -0.25) is 9.59 Å². The van der Waals surface area contributed by atoms with Crippen molar-refractivity contribution < 1.29 is 19.1 Å². The Hall–Kier alpha value is -2.37. The summed E-state index contributed by atoms with van der Waals surface area (Å²) >= 11 is 0. The van der Waals surface area contributed by atoms with Crippen molar-refractivity contribution in [1.29, 1.82) is 0 Å². The molecule has 1 atom stereocenters. The number of alkyl carbamates (subject to hydrolysis) is 1. The molecule has 1 aliphatic heterocycles. The second-order valence-corrected chi connectivity index (χ2v) is 5.27. The molecule has 6 heteroatoms. The SMILES string of the molecule is CC.CC(=O)C1CCCN1C(=O)CNC(=O)OCc1ccccc1. The van der Waals surface area contributed by atoms with Crippen molar-refractivity contribution in [2.75, 3.05) is 13.1 Å². The lowest BCUT2D eigenvalue weighted by molar-refractivity contribution is -0.136. The Morgan fingerprint density at radius 3 is 2.50 bits per heavy atom. The summed E-state index contributed by atoms with van der Waals surface area (Å²) < 4.78 is 5.03. The maximum atomic E-state index is 12.0. The molecule has 24 heavy (non-hydrogen) atoms. The van der Waals surface area contributed by atoms with Crippen LogP contribution in [0.2, 0.25) is 0 Å². The van der Waals surface area contributed by atoms with Crippen LogP contribution in [-0.2, 0) is 20.9 Å². The zero-order valence-corrected chi connectivity index (χ0v) is 14.6. The molecule has 1 unspecified atom stereocenters. The predicted octanol–water partition coefficient (Wildman–Crippen LogP) is 2.52. The quantitative estimate of drug-likeness (QED) is 0.898. The third kappa shape index (κ3) is 6.02. The Morgan fingerprint density at radius 1 is 1.21 bits per heavy atom. The Morgan fingerprint density at radius 2 is 1.88 bits per heavy atom. The molecule has 1 saturated heterocycles. The third-order valence-electron chi connectivity index (χ3n) is 3.64. The summed E-state index contributed by atoms with van der Waals surface area (Å²) in [4.78, 5) is 36.6. The standard InChI is InChI=1S/C16H20N2O4.C2H6/c1-12(19)14-8-5-9-18(14)15(20)10-17-16(21)22-11-13-6-3-2-4-7-13;1-2/h2-4,6-7,14H,5,8-11H2,1H3,(H,17,21);1-2H3. The second kappa shape index (κ2) is 10.4. The maximum Gasteiger partial charge on any atom is 0.407 e. The Labute approximate surface area is 143 Å². The molecule has 0 saturated carbocycles. The Balaban J connectivity index is 0.00000139. The molecule has 0 spiro atoms. The van der Waals surface area contributed by atoms with Crippen LogP contribution in [0.4, 0.5) is 4.79 Å². The van der Waals surface area contributed by atoms with E-state index in [0.717, 1.165) is 12.0 Å². The average molecular weight is 334 g/mol. The number of ether oxygens (including phenoxy) is 1. The molecule has 1 aliphatic rings. The molecule has 1 aromatic carbocycles.